The van der Waals surface area contributed by atoms with Crippen molar-refractivity contribution in [1.29, 1.82) is 0 Å². The van der Waals surface area contributed by atoms with E-state index in [1.807, 2.05) is 0 Å². The number of hydrazone groups is 1. The number of piperidine rings is 1. The summed E-state index contributed by atoms with van der Waals surface area (Å²) in [5.74, 6) is -1.14. The summed E-state index contributed by atoms with van der Waals surface area (Å²) in [6.07, 6.45) is 2.80. The molecular weight excluding hydrogens is 246 g/mol. The first-order chi connectivity index (χ1) is 9.16. The van der Waals surface area contributed by atoms with Gasteiger partial charge in [-0.15, -0.1) is 0 Å². The summed E-state index contributed by atoms with van der Waals surface area (Å²) < 4.78 is 0. The zero-order valence-corrected chi connectivity index (χ0v) is 10.3. The van der Waals surface area contributed by atoms with Crippen molar-refractivity contribution in [3.63, 3.8) is 0 Å². The first-order valence-electron chi connectivity index (χ1n) is 6.06. The van der Waals surface area contributed by atoms with Crippen LogP contribution >= 0.6 is 0 Å². The summed E-state index contributed by atoms with van der Waals surface area (Å²) in [7, 11) is 0. The van der Waals surface area contributed by atoms with E-state index in [1.54, 1.807) is 12.1 Å². The van der Waals surface area contributed by atoms with Gasteiger partial charge in [-0.05, 0) is 42.7 Å². The van der Waals surface area contributed by atoms with Gasteiger partial charge in [-0.25, -0.2) is 5.43 Å². The van der Waals surface area contributed by atoms with Crippen LogP contribution in [0.3, 0.4) is 0 Å². The lowest BCUT2D eigenvalue weighted by Crippen LogP contribution is -2.43. The summed E-state index contributed by atoms with van der Waals surface area (Å²) in [6, 6.07) is 6.38. The third-order valence-electron chi connectivity index (χ3n) is 2.88. The van der Waals surface area contributed by atoms with Crippen LogP contribution in [0.5, 0.6) is 5.75 Å². The molecule has 1 fully saturated rings. The van der Waals surface area contributed by atoms with Crippen LogP contribution in [0.15, 0.2) is 29.4 Å². The van der Waals surface area contributed by atoms with Crippen molar-refractivity contribution in [2.45, 2.75) is 12.8 Å². The fourth-order valence-corrected chi connectivity index (χ4v) is 1.83. The number of benzene rings is 1. The largest absolute Gasteiger partial charge is 0.508 e. The first kappa shape index (κ1) is 13.1. The fraction of sp³-hybridized carbons (Fsp3) is 0.308. The van der Waals surface area contributed by atoms with Gasteiger partial charge in [0.05, 0.1) is 6.21 Å². The number of phenols is 1. The molecule has 1 aromatic carbocycles. The molecule has 0 aromatic heterocycles. The number of rotatable bonds is 3. The van der Waals surface area contributed by atoms with Gasteiger partial charge in [0.1, 0.15) is 11.7 Å². The molecule has 1 aliphatic rings. The highest BCUT2D eigenvalue weighted by molar-refractivity contribution is 6.00. The van der Waals surface area contributed by atoms with Crippen LogP contribution in [0.25, 0.3) is 0 Å². The number of aromatic hydroxyl groups is 1. The number of hydrogen-bond acceptors (Lipinski definition) is 4. The molecule has 100 valence electrons. The Hall–Kier alpha value is -2.37. The Bertz CT molecular complexity index is 496. The molecule has 0 aliphatic carbocycles. The second kappa shape index (κ2) is 5.99. The van der Waals surface area contributed by atoms with Crippen molar-refractivity contribution < 1.29 is 14.7 Å². The summed E-state index contributed by atoms with van der Waals surface area (Å²) in [5.41, 5.74) is 3.09. The standard InChI is InChI=1S/C13H15N3O3/c17-10-5-3-9(4-6-10)8-15-16-13(19)11-2-1-7-14-12(11)18/h3-6,8,11,17H,1-2,7H2,(H,14,18)(H,16,19)/b15-8+. The number of carbonyl (C=O) groups excluding carboxylic acids is 2. The maximum Gasteiger partial charge on any atom is 0.252 e. The monoisotopic (exact) mass is 261 g/mol. The van der Waals surface area contributed by atoms with Crippen molar-refractivity contribution in [2.75, 3.05) is 6.54 Å². The van der Waals surface area contributed by atoms with E-state index < -0.39 is 11.8 Å². The van der Waals surface area contributed by atoms with Gasteiger partial charge in [0.2, 0.25) is 5.91 Å². The summed E-state index contributed by atoms with van der Waals surface area (Å²) in [5, 5.41) is 15.6. The lowest BCUT2D eigenvalue weighted by Gasteiger charge is -2.19. The van der Waals surface area contributed by atoms with Gasteiger partial charge in [-0.3, -0.25) is 9.59 Å². The zero-order chi connectivity index (χ0) is 13.7. The third kappa shape index (κ3) is 3.54. The van der Waals surface area contributed by atoms with Gasteiger partial charge in [-0.2, -0.15) is 5.10 Å². The average Bonchev–Trinajstić information content (AvgIpc) is 2.41. The molecule has 6 heteroatoms. The molecule has 1 aromatic rings. The summed E-state index contributed by atoms with van der Waals surface area (Å²) in [6.45, 7) is 0.624. The van der Waals surface area contributed by atoms with Gasteiger partial charge < -0.3 is 10.4 Å². The number of amides is 2. The molecule has 19 heavy (non-hydrogen) atoms. The molecule has 0 saturated carbocycles. The van der Waals surface area contributed by atoms with Gasteiger partial charge in [0.15, 0.2) is 0 Å². The molecule has 1 atom stereocenters. The topological polar surface area (TPSA) is 90.8 Å². The highest BCUT2D eigenvalue weighted by Gasteiger charge is 2.28. The molecular formula is C13H15N3O3. The molecule has 2 rings (SSSR count). The van der Waals surface area contributed by atoms with E-state index in [0.717, 1.165) is 12.0 Å². The normalized spacial score (nSPS) is 19.2. The van der Waals surface area contributed by atoms with Crippen LogP contribution in [0.2, 0.25) is 0 Å². The zero-order valence-electron chi connectivity index (χ0n) is 10.3. The quantitative estimate of drug-likeness (QED) is 0.417. The Morgan fingerprint density at radius 2 is 2.16 bits per heavy atom. The predicted octanol–water partition coefficient (Wildman–Crippen LogP) is 0.369. The van der Waals surface area contributed by atoms with Gasteiger partial charge in [-0.1, -0.05) is 0 Å². The number of hydrogen-bond donors (Lipinski definition) is 3. The highest BCUT2D eigenvalue weighted by atomic mass is 16.3. The average molecular weight is 261 g/mol. The van der Waals surface area contributed by atoms with Crippen LogP contribution in [-0.4, -0.2) is 29.7 Å². The minimum atomic E-state index is -0.661. The molecule has 6 nitrogen and oxygen atoms in total. The van der Waals surface area contributed by atoms with Gasteiger partial charge in [0.25, 0.3) is 5.91 Å². The van der Waals surface area contributed by atoms with Crippen molar-refractivity contribution >= 4 is 18.0 Å². The maximum absolute atomic E-state index is 11.7. The molecule has 0 bridgehead atoms. The van der Waals surface area contributed by atoms with Gasteiger partial charge >= 0.3 is 0 Å². The van der Waals surface area contributed by atoms with Crippen molar-refractivity contribution in [1.82, 2.24) is 10.7 Å². The molecule has 3 N–H and O–H groups in total. The molecule has 1 aliphatic heterocycles. The van der Waals surface area contributed by atoms with E-state index in [0.29, 0.717) is 13.0 Å². The molecule has 0 spiro atoms. The molecule has 1 heterocycles. The Balaban J connectivity index is 1.89. The SMILES string of the molecule is O=C1NCCCC1C(=O)N/N=C/c1ccc(O)cc1. The molecule has 1 unspecified atom stereocenters. The lowest BCUT2D eigenvalue weighted by atomic mass is 9.98. The van der Waals surface area contributed by atoms with Crippen LogP contribution < -0.4 is 10.7 Å². The van der Waals surface area contributed by atoms with E-state index in [1.165, 1.54) is 18.3 Å². The Labute approximate surface area is 110 Å². The van der Waals surface area contributed by atoms with Crippen LogP contribution in [0, 0.1) is 5.92 Å². The fourth-order valence-electron chi connectivity index (χ4n) is 1.83. The van der Waals surface area contributed by atoms with Crippen molar-refractivity contribution in [2.24, 2.45) is 11.0 Å². The van der Waals surface area contributed by atoms with Crippen LogP contribution in [-0.2, 0) is 9.59 Å². The second-order valence-corrected chi connectivity index (χ2v) is 4.31. The van der Waals surface area contributed by atoms with E-state index in [-0.39, 0.29) is 11.7 Å². The van der Waals surface area contributed by atoms with Crippen molar-refractivity contribution in [3.8, 4) is 5.75 Å². The number of carbonyl (C=O) groups is 2. The maximum atomic E-state index is 11.7. The molecule has 1 saturated heterocycles. The minimum absolute atomic E-state index is 0.167. The number of nitrogens with zero attached hydrogens (tertiary/aromatic N) is 1. The van der Waals surface area contributed by atoms with Gasteiger partial charge in [0, 0.05) is 6.54 Å². The van der Waals surface area contributed by atoms with Crippen LogP contribution in [0.4, 0.5) is 0 Å². The predicted molar refractivity (Wildman–Crippen MR) is 69.6 cm³/mol. The van der Waals surface area contributed by atoms with Crippen LogP contribution in [0.1, 0.15) is 18.4 Å². The third-order valence-corrected chi connectivity index (χ3v) is 2.88. The molecule has 2 amide bonds. The Morgan fingerprint density at radius 3 is 2.84 bits per heavy atom. The second-order valence-electron chi connectivity index (χ2n) is 4.31. The lowest BCUT2D eigenvalue weighted by molar-refractivity contribution is -0.136. The number of nitrogens with one attached hydrogen (secondary N) is 2. The first-order valence-corrected chi connectivity index (χ1v) is 6.06. The highest BCUT2D eigenvalue weighted by Crippen LogP contribution is 2.11. The summed E-state index contributed by atoms with van der Waals surface area (Å²) >= 11 is 0. The van der Waals surface area contributed by atoms with E-state index in [2.05, 4.69) is 15.8 Å². The number of phenolic OH excluding ortho intramolecular Hbond substituents is 1. The van der Waals surface area contributed by atoms with E-state index in [4.69, 9.17) is 5.11 Å². The molecule has 0 radical (unpaired) electrons. The Kier molecular flexibility index (Phi) is 4.12. The Morgan fingerprint density at radius 1 is 1.42 bits per heavy atom. The van der Waals surface area contributed by atoms with E-state index >= 15 is 0 Å². The van der Waals surface area contributed by atoms with E-state index in [9.17, 15) is 9.59 Å². The minimum Gasteiger partial charge on any atom is -0.508 e. The van der Waals surface area contributed by atoms with Crippen molar-refractivity contribution in [3.05, 3.63) is 29.8 Å². The summed E-state index contributed by atoms with van der Waals surface area (Å²) in [4.78, 5) is 23.2. The smallest absolute Gasteiger partial charge is 0.252 e.